The maximum Gasteiger partial charge on any atom is 0.239 e. The van der Waals surface area contributed by atoms with E-state index in [2.05, 4.69) is 15.7 Å². The van der Waals surface area contributed by atoms with E-state index in [1.807, 2.05) is 30.3 Å². The molecule has 0 fully saturated rings. The molecule has 0 aromatic heterocycles. The molecular formula is C8H9N3O2. The Hall–Kier alpha value is -1.78. The number of anilines is 1. The third kappa shape index (κ3) is 2.98. The van der Waals surface area contributed by atoms with Gasteiger partial charge in [-0.3, -0.25) is 0 Å². The number of para-hydroxylation sites is 1. The van der Waals surface area contributed by atoms with Gasteiger partial charge in [-0.15, -0.1) is 9.81 Å². The lowest BCUT2D eigenvalue weighted by atomic mass is 10.3. The van der Waals surface area contributed by atoms with Crippen molar-refractivity contribution in [1.29, 1.82) is 0 Å². The van der Waals surface area contributed by atoms with Crippen molar-refractivity contribution >= 4 is 5.69 Å². The van der Waals surface area contributed by atoms with Gasteiger partial charge >= 0.3 is 0 Å². The van der Waals surface area contributed by atoms with Gasteiger partial charge in [0.25, 0.3) is 0 Å². The Morgan fingerprint density at radius 3 is 2.31 bits per heavy atom. The zero-order valence-electron chi connectivity index (χ0n) is 6.88. The molecule has 5 nitrogen and oxygen atoms in total. The molecule has 0 atom stereocenters. The molecule has 0 unspecified atom stereocenters. The summed E-state index contributed by atoms with van der Waals surface area (Å²) in [6, 6.07) is 9.22. The van der Waals surface area contributed by atoms with Gasteiger partial charge in [-0.25, -0.2) is 0 Å². The number of nitrogens with zero attached hydrogens (tertiary/aromatic N) is 2. The molecule has 0 radical (unpaired) electrons. The largest absolute Gasteiger partial charge is 0.381 e. The van der Waals surface area contributed by atoms with Crippen LogP contribution in [-0.2, 0) is 0 Å². The molecule has 1 aromatic rings. The number of benzene rings is 1. The second kappa shape index (κ2) is 4.97. The van der Waals surface area contributed by atoms with Crippen molar-refractivity contribution in [3.05, 3.63) is 40.1 Å². The lowest BCUT2D eigenvalue weighted by Crippen LogP contribution is -2.14. The van der Waals surface area contributed by atoms with Crippen LogP contribution in [0.4, 0.5) is 5.69 Å². The minimum Gasteiger partial charge on any atom is -0.381 e. The molecular weight excluding hydrogens is 170 g/mol. The van der Waals surface area contributed by atoms with E-state index in [0.29, 0.717) is 0 Å². The third-order valence-corrected chi connectivity index (χ3v) is 1.51. The van der Waals surface area contributed by atoms with Crippen molar-refractivity contribution in [2.45, 2.75) is 6.17 Å². The minimum atomic E-state index is -1.06. The van der Waals surface area contributed by atoms with Gasteiger partial charge < -0.3 is 5.32 Å². The van der Waals surface area contributed by atoms with Crippen LogP contribution in [-0.4, -0.2) is 12.7 Å². The third-order valence-electron chi connectivity index (χ3n) is 1.51. The molecule has 68 valence electrons. The zero-order chi connectivity index (χ0) is 9.52. The molecule has 0 aliphatic rings. The van der Waals surface area contributed by atoms with E-state index >= 15 is 0 Å². The average molecular weight is 179 g/mol. The molecule has 0 spiro atoms. The van der Waals surface area contributed by atoms with E-state index in [-0.39, 0.29) is 6.54 Å². The lowest BCUT2D eigenvalue weighted by molar-refractivity contribution is 0.734. The van der Waals surface area contributed by atoms with Gasteiger partial charge in [0, 0.05) is 5.69 Å². The van der Waals surface area contributed by atoms with Crippen LogP contribution in [0, 0.1) is 9.81 Å². The van der Waals surface area contributed by atoms with Gasteiger partial charge in [-0.2, -0.15) is 0 Å². The van der Waals surface area contributed by atoms with Crippen molar-refractivity contribution in [3.63, 3.8) is 0 Å². The summed E-state index contributed by atoms with van der Waals surface area (Å²) in [5, 5.41) is 7.92. The Bertz CT molecular complexity index is 268. The van der Waals surface area contributed by atoms with Crippen LogP contribution < -0.4 is 5.32 Å². The van der Waals surface area contributed by atoms with Crippen LogP contribution in [0.3, 0.4) is 0 Å². The number of hydrogen-bond acceptors (Lipinski definition) is 5. The maximum atomic E-state index is 9.97. The molecule has 0 aliphatic heterocycles. The smallest absolute Gasteiger partial charge is 0.239 e. The molecule has 0 heterocycles. The van der Waals surface area contributed by atoms with Crippen molar-refractivity contribution in [2.75, 3.05) is 11.9 Å². The second-order valence-corrected chi connectivity index (χ2v) is 2.44. The SMILES string of the molecule is O=NC(CNc1ccccc1)N=O. The fourth-order valence-electron chi connectivity index (χ4n) is 0.859. The van der Waals surface area contributed by atoms with E-state index in [4.69, 9.17) is 0 Å². The molecule has 1 N–H and O–H groups in total. The van der Waals surface area contributed by atoms with E-state index < -0.39 is 6.17 Å². The second-order valence-electron chi connectivity index (χ2n) is 2.44. The Morgan fingerprint density at radius 1 is 1.15 bits per heavy atom. The van der Waals surface area contributed by atoms with Gasteiger partial charge in [-0.1, -0.05) is 18.2 Å². The Kier molecular flexibility index (Phi) is 3.56. The van der Waals surface area contributed by atoms with Crippen LogP contribution >= 0.6 is 0 Å². The highest BCUT2D eigenvalue weighted by Gasteiger charge is 2.06. The first-order chi connectivity index (χ1) is 6.36. The monoisotopic (exact) mass is 179 g/mol. The summed E-state index contributed by atoms with van der Waals surface area (Å²) in [6.45, 7) is 0.136. The van der Waals surface area contributed by atoms with Crippen molar-refractivity contribution in [3.8, 4) is 0 Å². The normalized spacial score (nSPS) is 9.62. The Labute approximate surface area is 75.1 Å². The zero-order valence-corrected chi connectivity index (χ0v) is 6.88. The quantitative estimate of drug-likeness (QED) is 0.702. The summed E-state index contributed by atoms with van der Waals surface area (Å²) in [5.74, 6) is 0. The predicted molar refractivity (Wildman–Crippen MR) is 50.3 cm³/mol. The molecule has 0 saturated heterocycles. The first kappa shape index (κ1) is 9.31. The molecule has 1 aromatic carbocycles. The molecule has 5 heteroatoms. The number of nitroso groups, excluding NO2 is 2. The van der Waals surface area contributed by atoms with E-state index in [9.17, 15) is 9.81 Å². The van der Waals surface area contributed by atoms with Gasteiger partial charge in [0.15, 0.2) is 0 Å². The Morgan fingerprint density at radius 2 is 1.77 bits per heavy atom. The van der Waals surface area contributed by atoms with Crippen LogP contribution in [0.1, 0.15) is 0 Å². The molecule has 0 saturated carbocycles. The summed E-state index contributed by atoms with van der Waals surface area (Å²) in [5.41, 5.74) is 0.833. The van der Waals surface area contributed by atoms with Crippen LogP contribution in [0.5, 0.6) is 0 Å². The summed E-state index contributed by atoms with van der Waals surface area (Å²) < 4.78 is 0. The molecule has 0 amide bonds. The van der Waals surface area contributed by atoms with Gasteiger partial charge in [0.2, 0.25) is 6.17 Å². The number of nitrogens with one attached hydrogen (secondary N) is 1. The Balaban J connectivity index is 2.42. The molecule has 1 rings (SSSR count). The van der Waals surface area contributed by atoms with Crippen LogP contribution in [0.15, 0.2) is 40.7 Å². The highest BCUT2D eigenvalue weighted by Crippen LogP contribution is 2.05. The minimum absolute atomic E-state index is 0.136. The maximum absolute atomic E-state index is 9.97. The standard InChI is InChI=1S/C8H9N3O2/c12-10-8(11-13)6-9-7-4-2-1-3-5-7/h1-5,8-9H,6H2. The van der Waals surface area contributed by atoms with Crippen LogP contribution in [0.25, 0.3) is 0 Å². The van der Waals surface area contributed by atoms with Crippen LogP contribution in [0.2, 0.25) is 0 Å². The molecule has 0 bridgehead atoms. The fraction of sp³-hybridized carbons (Fsp3) is 0.250. The van der Waals surface area contributed by atoms with Crippen molar-refractivity contribution in [2.24, 2.45) is 10.4 Å². The number of rotatable bonds is 5. The highest BCUT2D eigenvalue weighted by molar-refractivity contribution is 5.42. The molecule has 0 aliphatic carbocycles. The van der Waals surface area contributed by atoms with Gasteiger partial charge in [-0.05, 0) is 22.5 Å². The molecule has 13 heavy (non-hydrogen) atoms. The number of hydrogen-bond donors (Lipinski definition) is 1. The van der Waals surface area contributed by atoms with Crippen molar-refractivity contribution < 1.29 is 0 Å². The van der Waals surface area contributed by atoms with E-state index in [1.165, 1.54) is 0 Å². The van der Waals surface area contributed by atoms with E-state index in [0.717, 1.165) is 5.69 Å². The lowest BCUT2D eigenvalue weighted by Gasteiger charge is -2.04. The van der Waals surface area contributed by atoms with Gasteiger partial charge in [0.1, 0.15) is 0 Å². The predicted octanol–water partition coefficient (Wildman–Crippen LogP) is 1.96. The summed E-state index contributed by atoms with van der Waals surface area (Å²) >= 11 is 0. The topological polar surface area (TPSA) is 70.9 Å². The summed E-state index contributed by atoms with van der Waals surface area (Å²) in [7, 11) is 0. The first-order valence-electron chi connectivity index (χ1n) is 3.80. The van der Waals surface area contributed by atoms with E-state index in [1.54, 1.807) is 0 Å². The summed E-state index contributed by atoms with van der Waals surface area (Å²) in [6.07, 6.45) is -1.06. The summed E-state index contributed by atoms with van der Waals surface area (Å²) in [4.78, 5) is 19.9. The average Bonchev–Trinajstić information content (AvgIpc) is 2.21. The van der Waals surface area contributed by atoms with Gasteiger partial charge in [0.05, 0.1) is 6.54 Å². The first-order valence-corrected chi connectivity index (χ1v) is 3.80. The fourth-order valence-corrected chi connectivity index (χ4v) is 0.859. The van der Waals surface area contributed by atoms with Crippen molar-refractivity contribution in [1.82, 2.24) is 0 Å². The highest BCUT2D eigenvalue weighted by atomic mass is 16.3.